The molecular weight excluding hydrogens is 206 g/mol. The third kappa shape index (κ3) is 2.59. The Morgan fingerprint density at radius 2 is 2.44 bits per heavy atom. The van der Waals surface area contributed by atoms with Crippen LogP contribution in [0.15, 0.2) is 6.20 Å². The minimum Gasteiger partial charge on any atom is -0.387 e. The van der Waals surface area contributed by atoms with E-state index in [0.717, 1.165) is 19.4 Å². The summed E-state index contributed by atoms with van der Waals surface area (Å²) >= 11 is 0. The van der Waals surface area contributed by atoms with Crippen molar-refractivity contribution in [2.75, 3.05) is 0 Å². The molecule has 0 radical (unpaired) electrons. The molecular formula is C11H19N3O2. The molecule has 1 fully saturated rings. The van der Waals surface area contributed by atoms with Gasteiger partial charge < -0.3 is 9.84 Å². The Kier molecular flexibility index (Phi) is 3.56. The van der Waals surface area contributed by atoms with Crippen molar-refractivity contribution in [3.8, 4) is 0 Å². The van der Waals surface area contributed by atoms with Gasteiger partial charge in [-0.15, -0.1) is 5.10 Å². The molecule has 1 N–H and O–H groups in total. The molecule has 16 heavy (non-hydrogen) atoms. The number of aliphatic hydroxyl groups is 1. The highest BCUT2D eigenvalue weighted by atomic mass is 16.5. The van der Waals surface area contributed by atoms with Gasteiger partial charge in [0.25, 0.3) is 0 Å². The van der Waals surface area contributed by atoms with Gasteiger partial charge in [0.15, 0.2) is 0 Å². The molecule has 5 nitrogen and oxygen atoms in total. The number of nitrogens with zero attached hydrogens (tertiary/aromatic N) is 3. The van der Waals surface area contributed by atoms with Gasteiger partial charge >= 0.3 is 0 Å². The number of ether oxygens (including phenoxy) is 1. The Morgan fingerprint density at radius 3 is 3.06 bits per heavy atom. The van der Waals surface area contributed by atoms with Crippen molar-refractivity contribution >= 4 is 0 Å². The third-order valence-corrected chi connectivity index (χ3v) is 3.00. The first-order chi connectivity index (χ1) is 7.69. The molecule has 1 saturated heterocycles. The molecule has 2 rings (SSSR count). The second-order valence-corrected chi connectivity index (χ2v) is 4.44. The zero-order valence-corrected chi connectivity index (χ0v) is 9.83. The molecule has 1 aromatic rings. The molecule has 1 aliphatic rings. The fraction of sp³-hybridized carbons (Fsp3) is 0.818. The van der Waals surface area contributed by atoms with Crippen LogP contribution in [0, 0.1) is 0 Å². The summed E-state index contributed by atoms with van der Waals surface area (Å²) in [6.45, 7) is 4.74. The average Bonchev–Trinajstić information content (AvgIpc) is 2.87. The maximum atomic E-state index is 9.60. The van der Waals surface area contributed by atoms with Crippen LogP contribution in [-0.4, -0.2) is 32.3 Å². The molecule has 1 aliphatic heterocycles. The SMILES string of the molecule is CCC(O)c1cn(CC2CCC(C)O2)nn1. The van der Waals surface area contributed by atoms with Crippen LogP contribution < -0.4 is 0 Å². The molecule has 0 aromatic carbocycles. The van der Waals surface area contributed by atoms with Gasteiger partial charge in [-0.1, -0.05) is 12.1 Å². The minimum atomic E-state index is -0.503. The summed E-state index contributed by atoms with van der Waals surface area (Å²) < 4.78 is 7.47. The second kappa shape index (κ2) is 4.93. The van der Waals surface area contributed by atoms with Crippen LogP contribution in [0.25, 0.3) is 0 Å². The van der Waals surface area contributed by atoms with Gasteiger partial charge in [0.2, 0.25) is 0 Å². The summed E-state index contributed by atoms with van der Waals surface area (Å²) in [5, 5.41) is 17.6. The van der Waals surface area contributed by atoms with Gasteiger partial charge in [0.1, 0.15) is 5.69 Å². The average molecular weight is 225 g/mol. The van der Waals surface area contributed by atoms with Gasteiger partial charge in [-0.2, -0.15) is 0 Å². The lowest BCUT2D eigenvalue weighted by Crippen LogP contribution is -2.16. The lowest BCUT2D eigenvalue weighted by atomic mass is 10.2. The summed E-state index contributed by atoms with van der Waals surface area (Å²) in [5.41, 5.74) is 0.647. The second-order valence-electron chi connectivity index (χ2n) is 4.44. The van der Waals surface area contributed by atoms with Crippen LogP contribution in [-0.2, 0) is 11.3 Å². The summed E-state index contributed by atoms with van der Waals surface area (Å²) in [7, 11) is 0. The smallest absolute Gasteiger partial charge is 0.111 e. The van der Waals surface area contributed by atoms with Gasteiger partial charge in [-0.05, 0) is 26.2 Å². The molecule has 90 valence electrons. The minimum absolute atomic E-state index is 0.239. The maximum Gasteiger partial charge on any atom is 0.111 e. The number of rotatable bonds is 4. The Morgan fingerprint density at radius 1 is 1.62 bits per heavy atom. The van der Waals surface area contributed by atoms with E-state index in [-0.39, 0.29) is 6.10 Å². The van der Waals surface area contributed by atoms with Crippen molar-refractivity contribution in [3.63, 3.8) is 0 Å². The first-order valence-corrected chi connectivity index (χ1v) is 5.92. The molecule has 0 amide bonds. The molecule has 3 atom stereocenters. The molecule has 0 saturated carbocycles. The standard InChI is InChI=1S/C11H19N3O2/c1-3-11(15)10-7-14(13-12-10)6-9-5-4-8(2)16-9/h7-9,11,15H,3-6H2,1-2H3. The lowest BCUT2D eigenvalue weighted by Gasteiger charge is -2.10. The number of hydrogen-bond donors (Lipinski definition) is 1. The van der Waals surface area contributed by atoms with Crippen LogP contribution in [0.2, 0.25) is 0 Å². The topological polar surface area (TPSA) is 60.2 Å². The third-order valence-electron chi connectivity index (χ3n) is 3.00. The highest BCUT2D eigenvalue weighted by Crippen LogP contribution is 2.20. The van der Waals surface area contributed by atoms with Crippen molar-refractivity contribution < 1.29 is 9.84 Å². The van der Waals surface area contributed by atoms with E-state index >= 15 is 0 Å². The molecule has 5 heteroatoms. The fourth-order valence-corrected chi connectivity index (χ4v) is 1.99. The van der Waals surface area contributed by atoms with Crippen molar-refractivity contribution in [3.05, 3.63) is 11.9 Å². The van der Waals surface area contributed by atoms with Crippen molar-refractivity contribution in [1.82, 2.24) is 15.0 Å². The van der Waals surface area contributed by atoms with Crippen molar-refractivity contribution in [2.24, 2.45) is 0 Å². The largest absolute Gasteiger partial charge is 0.387 e. The number of aliphatic hydroxyl groups excluding tert-OH is 1. The van der Waals surface area contributed by atoms with Crippen molar-refractivity contribution in [1.29, 1.82) is 0 Å². The maximum absolute atomic E-state index is 9.60. The van der Waals surface area contributed by atoms with E-state index in [9.17, 15) is 5.11 Å². The van der Waals surface area contributed by atoms with E-state index < -0.39 is 6.10 Å². The molecule has 0 bridgehead atoms. The number of aromatic nitrogens is 3. The fourth-order valence-electron chi connectivity index (χ4n) is 1.99. The van der Waals surface area contributed by atoms with Crippen LogP contribution >= 0.6 is 0 Å². The molecule has 1 aromatic heterocycles. The van der Waals surface area contributed by atoms with Crippen LogP contribution in [0.3, 0.4) is 0 Å². The summed E-state index contributed by atoms with van der Waals surface area (Å²) in [4.78, 5) is 0. The first kappa shape index (κ1) is 11.5. The molecule has 0 spiro atoms. The van der Waals surface area contributed by atoms with E-state index in [0.29, 0.717) is 18.2 Å². The van der Waals surface area contributed by atoms with E-state index in [1.54, 1.807) is 10.9 Å². The summed E-state index contributed by atoms with van der Waals surface area (Å²) in [6, 6.07) is 0. The van der Waals surface area contributed by atoms with E-state index in [4.69, 9.17) is 4.74 Å². The van der Waals surface area contributed by atoms with E-state index in [1.165, 1.54) is 0 Å². The van der Waals surface area contributed by atoms with Crippen LogP contribution in [0.4, 0.5) is 0 Å². The molecule has 2 heterocycles. The van der Waals surface area contributed by atoms with Crippen molar-refractivity contribution in [2.45, 2.75) is 58.0 Å². The first-order valence-electron chi connectivity index (χ1n) is 5.92. The number of hydrogen-bond acceptors (Lipinski definition) is 4. The highest BCUT2D eigenvalue weighted by molar-refractivity contribution is 4.96. The van der Waals surface area contributed by atoms with E-state index in [2.05, 4.69) is 17.2 Å². The monoisotopic (exact) mass is 225 g/mol. The zero-order valence-electron chi connectivity index (χ0n) is 9.83. The van der Waals surface area contributed by atoms with Crippen LogP contribution in [0.5, 0.6) is 0 Å². The van der Waals surface area contributed by atoms with Gasteiger partial charge in [-0.3, -0.25) is 0 Å². The van der Waals surface area contributed by atoms with Crippen LogP contribution in [0.1, 0.15) is 44.9 Å². The van der Waals surface area contributed by atoms with Gasteiger partial charge in [0.05, 0.1) is 31.1 Å². The van der Waals surface area contributed by atoms with Gasteiger partial charge in [0, 0.05) is 0 Å². The van der Waals surface area contributed by atoms with Gasteiger partial charge in [-0.25, -0.2) is 4.68 Å². The normalized spacial score (nSPS) is 27.2. The lowest BCUT2D eigenvalue weighted by molar-refractivity contribution is 0.0433. The quantitative estimate of drug-likeness (QED) is 0.838. The highest BCUT2D eigenvalue weighted by Gasteiger charge is 2.22. The Hall–Kier alpha value is -0.940. The predicted molar refractivity (Wildman–Crippen MR) is 58.8 cm³/mol. The Labute approximate surface area is 95.4 Å². The Balaban J connectivity index is 1.92. The van der Waals surface area contributed by atoms with E-state index in [1.807, 2.05) is 6.92 Å². The summed E-state index contributed by atoms with van der Waals surface area (Å²) in [5.74, 6) is 0. The molecule has 0 aliphatic carbocycles. The summed E-state index contributed by atoms with van der Waals surface area (Å²) in [6.07, 6.45) is 4.75. The zero-order chi connectivity index (χ0) is 11.5. The molecule has 3 unspecified atom stereocenters. The predicted octanol–water partition coefficient (Wildman–Crippen LogP) is 1.29. The Bertz CT molecular complexity index is 340.